The lowest BCUT2D eigenvalue weighted by atomic mass is 10.1. The first-order valence-electron chi connectivity index (χ1n) is 12.4. The lowest BCUT2D eigenvalue weighted by molar-refractivity contribution is -0.122. The molecule has 0 spiro atoms. The number of thioether (sulfide) groups is 1. The van der Waals surface area contributed by atoms with E-state index in [1.165, 1.54) is 11.8 Å². The van der Waals surface area contributed by atoms with Crippen molar-refractivity contribution in [3.63, 3.8) is 0 Å². The summed E-state index contributed by atoms with van der Waals surface area (Å²) in [6.07, 6.45) is 3.99. The summed E-state index contributed by atoms with van der Waals surface area (Å²) >= 11 is 7.76. The smallest absolute Gasteiger partial charge is 0.338 e. The molecule has 4 aromatic rings. The second kappa shape index (κ2) is 11.3. The van der Waals surface area contributed by atoms with Gasteiger partial charge in [-0.3, -0.25) is 9.69 Å². The zero-order chi connectivity index (χ0) is 26.6. The highest BCUT2D eigenvalue weighted by atomic mass is 35.5. The van der Waals surface area contributed by atoms with Gasteiger partial charge in [0, 0.05) is 40.8 Å². The summed E-state index contributed by atoms with van der Waals surface area (Å²) in [6.45, 7) is 5.09. The molecule has 1 aliphatic rings. The van der Waals surface area contributed by atoms with Crippen molar-refractivity contribution in [1.29, 1.82) is 0 Å². The maximum atomic E-state index is 13.3. The molecule has 3 aromatic carbocycles. The zero-order valence-corrected chi connectivity index (χ0v) is 22.6. The number of esters is 1. The fourth-order valence-corrected chi connectivity index (χ4v) is 5.62. The number of hydrogen-bond donors (Lipinski definition) is 0. The van der Waals surface area contributed by atoms with Gasteiger partial charge in [-0.25, -0.2) is 9.79 Å². The monoisotopic (exact) mass is 543 g/mol. The third kappa shape index (κ3) is 5.26. The maximum Gasteiger partial charge on any atom is 0.338 e. The number of aliphatic imine (C=N–C) groups is 1. The predicted molar refractivity (Wildman–Crippen MR) is 155 cm³/mol. The molecule has 1 saturated heterocycles. The molecule has 1 amide bonds. The topological polar surface area (TPSA) is 63.9 Å². The van der Waals surface area contributed by atoms with Gasteiger partial charge in [0.05, 0.1) is 22.8 Å². The molecule has 0 bridgehead atoms. The van der Waals surface area contributed by atoms with Gasteiger partial charge in [0.25, 0.3) is 5.91 Å². The van der Waals surface area contributed by atoms with E-state index in [2.05, 4.69) is 22.9 Å². The van der Waals surface area contributed by atoms with E-state index >= 15 is 0 Å². The summed E-state index contributed by atoms with van der Waals surface area (Å²) in [6, 6.07) is 22.9. The number of carbonyl (C=O) groups is 2. The molecule has 0 radical (unpaired) electrons. The Kier molecular flexibility index (Phi) is 7.67. The first-order chi connectivity index (χ1) is 18.5. The van der Waals surface area contributed by atoms with E-state index < -0.39 is 5.97 Å². The minimum Gasteiger partial charge on any atom is -0.462 e. The molecule has 1 aliphatic heterocycles. The number of amides is 1. The van der Waals surface area contributed by atoms with E-state index in [9.17, 15) is 9.59 Å². The van der Waals surface area contributed by atoms with E-state index in [0.717, 1.165) is 27.1 Å². The Morgan fingerprint density at radius 2 is 1.84 bits per heavy atom. The van der Waals surface area contributed by atoms with Crippen LogP contribution in [0.25, 0.3) is 17.0 Å². The van der Waals surface area contributed by atoms with Crippen molar-refractivity contribution in [2.75, 3.05) is 13.2 Å². The second-order valence-corrected chi connectivity index (χ2v) is 10.1. The van der Waals surface area contributed by atoms with Crippen LogP contribution >= 0.6 is 23.4 Å². The average molecular weight is 544 g/mol. The fraction of sp³-hybridized carbons (Fsp3) is 0.167. The number of benzene rings is 3. The van der Waals surface area contributed by atoms with Crippen LogP contribution in [0.4, 0.5) is 5.69 Å². The van der Waals surface area contributed by atoms with Crippen molar-refractivity contribution in [3.8, 4) is 0 Å². The molecule has 1 aromatic heterocycles. The van der Waals surface area contributed by atoms with Crippen molar-refractivity contribution in [2.24, 2.45) is 4.99 Å². The van der Waals surface area contributed by atoms with Gasteiger partial charge >= 0.3 is 5.97 Å². The van der Waals surface area contributed by atoms with E-state index in [4.69, 9.17) is 21.3 Å². The van der Waals surface area contributed by atoms with Crippen LogP contribution in [0, 0.1) is 0 Å². The first kappa shape index (κ1) is 25.8. The van der Waals surface area contributed by atoms with Crippen LogP contribution < -0.4 is 0 Å². The van der Waals surface area contributed by atoms with Gasteiger partial charge in [0.15, 0.2) is 5.17 Å². The van der Waals surface area contributed by atoms with Gasteiger partial charge in [0.2, 0.25) is 0 Å². The first-order valence-corrected chi connectivity index (χ1v) is 13.6. The van der Waals surface area contributed by atoms with Crippen molar-refractivity contribution >= 4 is 63.1 Å². The Balaban J connectivity index is 1.49. The third-order valence-electron chi connectivity index (χ3n) is 6.19. The summed E-state index contributed by atoms with van der Waals surface area (Å²) in [7, 11) is 0. The summed E-state index contributed by atoms with van der Waals surface area (Å²) in [5.41, 5.74) is 4.05. The molecule has 8 heteroatoms. The molecular weight excluding hydrogens is 518 g/mol. The highest BCUT2D eigenvalue weighted by molar-refractivity contribution is 8.18. The average Bonchev–Trinajstić information content (AvgIpc) is 3.42. The Bertz CT molecular complexity index is 1590. The third-order valence-corrected chi connectivity index (χ3v) is 7.57. The molecule has 0 unspecified atom stereocenters. The summed E-state index contributed by atoms with van der Waals surface area (Å²) < 4.78 is 7.25. The highest BCUT2D eigenvalue weighted by Gasteiger charge is 2.32. The number of rotatable bonds is 7. The molecular formula is C30H26ClN3O3S. The number of ether oxygens (including phenoxy) is 1. The largest absolute Gasteiger partial charge is 0.462 e. The second-order valence-electron chi connectivity index (χ2n) is 8.65. The molecule has 5 rings (SSSR count). The van der Waals surface area contributed by atoms with Crippen LogP contribution in [0.15, 0.2) is 88.9 Å². The van der Waals surface area contributed by atoms with Crippen molar-refractivity contribution in [3.05, 3.63) is 106 Å². The minimum atomic E-state index is -0.397. The van der Waals surface area contributed by atoms with E-state index in [1.807, 2.05) is 49.4 Å². The number of hydrogen-bond acceptors (Lipinski definition) is 5. The van der Waals surface area contributed by atoms with Gasteiger partial charge in [-0.2, -0.15) is 0 Å². The molecule has 38 heavy (non-hydrogen) atoms. The van der Waals surface area contributed by atoms with Gasteiger partial charge < -0.3 is 9.30 Å². The van der Waals surface area contributed by atoms with Gasteiger partial charge in [0.1, 0.15) is 0 Å². The number of nitrogens with zero attached hydrogens (tertiary/aromatic N) is 3. The SMILES string of the molecule is CCOC(=O)c1cccc(N=C2SC(=Cc3cn(Cc4ccccc4Cl)c4ccccc34)C(=O)N2CC)c1. The maximum absolute atomic E-state index is 13.3. The summed E-state index contributed by atoms with van der Waals surface area (Å²) in [5, 5.41) is 2.35. The van der Waals surface area contributed by atoms with Crippen LogP contribution in [0.2, 0.25) is 5.02 Å². The van der Waals surface area contributed by atoms with Crippen molar-refractivity contribution < 1.29 is 14.3 Å². The van der Waals surface area contributed by atoms with Gasteiger partial charge in [-0.15, -0.1) is 0 Å². The van der Waals surface area contributed by atoms with E-state index in [1.54, 1.807) is 36.1 Å². The highest BCUT2D eigenvalue weighted by Crippen LogP contribution is 2.36. The number of para-hydroxylation sites is 1. The zero-order valence-electron chi connectivity index (χ0n) is 21.1. The Labute approximate surface area is 230 Å². The Morgan fingerprint density at radius 3 is 2.63 bits per heavy atom. The quantitative estimate of drug-likeness (QED) is 0.183. The molecule has 6 nitrogen and oxygen atoms in total. The lowest BCUT2D eigenvalue weighted by Gasteiger charge is -2.12. The number of fused-ring (bicyclic) bond motifs is 1. The summed E-state index contributed by atoms with van der Waals surface area (Å²) in [4.78, 5) is 32.4. The number of amidine groups is 1. The number of halogens is 1. The van der Waals surface area contributed by atoms with Crippen molar-refractivity contribution in [2.45, 2.75) is 20.4 Å². The Hall–Kier alpha value is -3.81. The van der Waals surface area contributed by atoms with Crippen molar-refractivity contribution in [1.82, 2.24) is 9.47 Å². The van der Waals surface area contributed by atoms with Crippen LogP contribution in [-0.4, -0.2) is 39.7 Å². The van der Waals surface area contributed by atoms with E-state index in [0.29, 0.717) is 41.0 Å². The summed E-state index contributed by atoms with van der Waals surface area (Å²) in [5.74, 6) is -0.494. The molecule has 0 atom stereocenters. The van der Waals surface area contributed by atoms with Gasteiger partial charge in [-0.05, 0) is 67.6 Å². The molecule has 0 saturated carbocycles. The van der Waals surface area contributed by atoms with Crippen LogP contribution in [0.1, 0.15) is 35.3 Å². The molecule has 1 fully saturated rings. The normalized spacial score (nSPS) is 15.7. The Morgan fingerprint density at radius 1 is 1.05 bits per heavy atom. The predicted octanol–water partition coefficient (Wildman–Crippen LogP) is 7.14. The number of aromatic nitrogens is 1. The minimum absolute atomic E-state index is 0.0965. The van der Waals surface area contributed by atoms with Gasteiger partial charge in [-0.1, -0.05) is 54.1 Å². The van der Waals surface area contributed by atoms with Crippen LogP contribution in [0.5, 0.6) is 0 Å². The molecule has 0 aliphatic carbocycles. The van der Waals surface area contributed by atoms with Crippen LogP contribution in [0.3, 0.4) is 0 Å². The molecule has 2 heterocycles. The van der Waals surface area contributed by atoms with Crippen LogP contribution in [-0.2, 0) is 16.1 Å². The molecule has 192 valence electrons. The fourth-order valence-electron chi connectivity index (χ4n) is 4.37. The standard InChI is InChI=1S/C30H26ClN3O3S/c1-3-34-28(35)27(38-30(34)32-23-12-9-11-20(16-23)29(36)37-4-2)17-22-19-33(26-15-8-6-13-24(22)26)18-21-10-5-7-14-25(21)31/h5-17,19H,3-4,18H2,1-2H3. The molecule has 0 N–H and O–H groups in total. The number of likely N-dealkylation sites (N-methyl/N-ethyl adjacent to an activating group) is 1. The number of carbonyl (C=O) groups excluding carboxylic acids is 2. The lowest BCUT2D eigenvalue weighted by Crippen LogP contribution is -2.28. The van der Waals surface area contributed by atoms with E-state index in [-0.39, 0.29) is 5.91 Å².